The molecule has 1 unspecified atom stereocenters. The monoisotopic (exact) mass is 380 g/mol. The molecule has 3 N–H and O–H groups in total. The molecule has 0 fully saturated rings. The number of hydrogen-bond acceptors (Lipinski definition) is 7. The second kappa shape index (κ2) is 9.91. The van der Waals surface area contributed by atoms with E-state index in [0.29, 0.717) is 0 Å². The zero-order chi connectivity index (χ0) is 20.6. The molecule has 0 heterocycles. The van der Waals surface area contributed by atoms with E-state index in [4.69, 9.17) is 15.2 Å². The summed E-state index contributed by atoms with van der Waals surface area (Å²) < 4.78 is 14.7. The number of amides is 1. The van der Waals surface area contributed by atoms with Crippen LogP contribution >= 0.6 is 0 Å². The minimum Gasteiger partial charge on any atom is -0.444 e. The highest BCUT2D eigenvalue weighted by molar-refractivity contribution is 5.86. The lowest BCUT2D eigenvalue weighted by molar-refractivity contribution is -0.142. The normalized spacial score (nSPS) is 13.4. The molecule has 8 heteroatoms. The number of alkyl carbamates (subject to hydrolysis) is 1. The first-order valence-electron chi connectivity index (χ1n) is 8.67. The fourth-order valence-corrected chi connectivity index (χ4v) is 2.16. The lowest BCUT2D eigenvalue weighted by Gasteiger charge is -2.28. The SMILES string of the molecule is CC(C)C(NC(=O)OC(C)(C)C)[C@H](N)C(=O)OC(=O)OCc1ccccc1. The van der Waals surface area contributed by atoms with Gasteiger partial charge in [0.2, 0.25) is 0 Å². The third kappa shape index (κ3) is 8.54. The van der Waals surface area contributed by atoms with Gasteiger partial charge in [-0.1, -0.05) is 44.2 Å². The molecule has 0 bridgehead atoms. The predicted octanol–water partition coefficient (Wildman–Crippen LogP) is 2.74. The zero-order valence-corrected chi connectivity index (χ0v) is 16.4. The first kappa shape index (κ1) is 22.4. The predicted molar refractivity (Wildman–Crippen MR) is 98.7 cm³/mol. The molecular formula is C19H28N2O6. The molecule has 2 atom stereocenters. The average molecular weight is 380 g/mol. The molecule has 8 nitrogen and oxygen atoms in total. The minimum absolute atomic E-state index is 0.0358. The summed E-state index contributed by atoms with van der Waals surface area (Å²) in [4.78, 5) is 35.8. The van der Waals surface area contributed by atoms with Gasteiger partial charge < -0.3 is 25.3 Å². The van der Waals surface area contributed by atoms with Crippen LogP contribution in [0.3, 0.4) is 0 Å². The van der Waals surface area contributed by atoms with Crippen LogP contribution in [-0.4, -0.2) is 35.9 Å². The Balaban J connectivity index is 2.59. The largest absolute Gasteiger partial charge is 0.516 e. The van der Waals surface area contributed by atoms with Crippen LogP contribution in [0.25, 0.3) is 0 Å². The van der Waals surface area contributed by atoms with E-state index in [1.807, 2.05) is 6.07 Å². The van der Waals surface area contributed by atoms with E-state index in [-0.39, 0.29) is 12.5 Å². The van der Waals surface area contributed by atoms with Gasteiger partial charge in [0, 0.05) is 0 Å². The van der Waals surface area contributed by atoms with Crippen LogP contribution in [0.5, 0.6) is 0 Å². The lowest BCUT2D eigenvalue weighted by Crippen LogP contribution is -2.55. The van der Waals surface area contributed by atoms with E-state index in [1.54, 1.807) is 58.9 Å². The number of ether oxygens (including phenoxy) is 3. The highest BCUT2D eigenvalue weighted by Crippen LogP contribution is 2.11. The molecule has 0 saturated carbocycles. The maximum absolute atomic E-state index is 12.1. The van der Waals surface area contributed by atoms with Crippen LogP contribution in [0.2, 0.25) is 0 Å². The van der Waals surface area contributed by atoms with Gasteiger partial charge in [-0.2, -0.15) is 0 Å². The Morgan fingerprint density at radius 1 is 1.11 bits per heavy atom. The number of carbonyl (C=O) groups excluding carboxylic acids is 3. The standard InChI is InChI=1S/C19H28N2O6/c1-12(2)15(21-17(23)27-19(3,4)5)14(20)16(22)26-18(24)25-11-13-9-7-6-8-10-13/h6-10,12,14-15H,11,20H2,1-5H3,(H,21,23)/t14-,15?/m0/s1. The molecule has 1 amide bonds. The van der Waals surface area contributed by atoms with Crippen LogP contribution < -0.4 is 11.1 Å². The summed E-state index contributed by atoms with van der Waals surface area (Å²) in [6, 6.07) is 6.90. The van der Waals surface area contributed by atoms with E-state index in [1.165, 1.54) is 0 Å². The summed E-state index contributed by atoms with van der Waals surface area (Å²) in [7, 11) is 0. The first-order valence-corrected chi connectivity index (χ1v) is 8.67. The number of carbonyl (C=O) groups is 3. The third-order valence-electron chi connectivity index (χ3n) is 3.44. The Morgan fingerprint density at radius 3 is 2.22 bits per heavy atom. The molecule has 1 aromatic carbocycles. The Hall–Kier alpha value is -2.61. The second-order valence-corrected chi connectivity index (χ2v) is 7.39. The summed E-state index contributed by atoms with van der Waals surface area (Å²) in [6.45, 7) is 8.65. The van der Waals surface area contributed by atoms with Crippen molar-refractivity contribution < 1.29 is 28.6 Å². The number of rotatable bonds is 6. The van der Waals surface area contributed by atoms with Crippen LogP contribution in [0.4, 0.5) is 9.59 Å². The molecule has 1 aromatic rings. The topological polar surface area (TPSA) is 117 Å². The van der Waals surface area contributed by atoms with Crippen LogP contribution in [0.15, 0.2) is 30.3 Å². The third-order valence-corrected chi connectivity index (χ3v) is 3.44. The summed E-state index contributed by atoms with van der Waals surface area (Å²) in [5, 5.41) is 2.55. The van der Waals surface area contributed by atoms with Crippen molar-refractivity contribution in [1.82, 2.24) is 5.32 Å². The van der Waals surface area contributed by atoms with E-state index in [9.17, 15) is 14.4 Å². The summed E-state index contributed by atoms with van der Waals surface area (Å²) in [6.07, 6.45) is -1.87. The van der Waals surface area contributed by atoms with E-state index in [2.05, 4.69) is 10.1 Å². The van der Waals surface area contributed by atoms with Crippen LogP contribution in [-0.2, 0) is 25.6 Å². The second-order valence-electron chi connectivity index (χ2n) is 7.39. The summed E-state index contributed by atoms with van der Waals surface area (Å²) >= 11 is 0. The van der Waals surface area contributed by atoms with Crippen LogP contribution in [0, 0.1) is 5.92 Å². The van der Waals surface area contributed by atoms with Gasteiger partial charge in [-0.25, -0.2) is 14.4 Å². The number of benzene rings is 1. The van der Waals surface area contributed by atoms with Crippen molar-refractivity contribution in [3.8, 4) is 0 Å². The fourth-order valence-electron chi connectivity index (χ4n) is 2.16. The maximum atomic E-state index is 12.1. The van der Waals surface area contributed by atoms with E-state index in [0.717, 1.165) is 5.56 Å². The number of hydrogen-bond donors (Lipinski definition) is 2. The lowest BCUT2D eigenvalue weighted by atomic mass is 9.97. The summed E-state index contributed by atoms with van der Waals surface area (Å²) in [5.41, 5.74) is 5.93. The Morgan fingerprint density at radius 2 is 1.70 bits per heavy atom. The van der Waals surface area contributed by atoms with Gasteiger partial charge in [-0.15, -0.1) is 0 Å². The molecule has 0 aliphatic heterocycles. The molecule has 0 aromatic heterocycles. The van der Waals surface area contributed by atoms with Crippen molar-refractivity contribution in [2.75, 3.05) is 0 Å². The van der Waals surface area contributed by atoms with Crippen molar-refractivity contribution in [3.05, 3.63) is 35.9 Å². The van der Waals surface area contributed by atoms with Crippen molar-refractivity contribution >= 4 is 18.2 Å². The van der Waals surface area contributed by atoms with Gasteiger partial charge in [0.05, 0.1) is 6.04 Å². The molecular weight excluding hydrogens is 352 g/mol. The van der Waals surface area contributed by atoms with Gasteiger partial charge >= 0.3 is 18.2 Å². The molecule has 0 radical (unpaired) electrons. The van der Waals surface area contributed by atoms with Gasteiger partial charge in [-0.3, -0.25) is 0 Å². The minimum atomic E-state index is -1.26. The molecule has 0 saturated heterocycles. The molecule has 0 aliphatic carbocycles. The fraction of sp³-hybridized carbons (Fsp3) is 0.526. The zero-order valence-electron chi connectivity index (χ0n) is 16.4. The average Bonchev–Trinajstić information content (AvgIpc) is 2.56. The van der Waals surface area contributed by atoms with Crippen molar-refractivity contribution in [2.24, 2.45) is 11.7 Å². The van der Waals surface area contributed by atoms with E-state index >= 15 is 0 Å². The van der Waals surface area contributed by atoms with Gasteiger partial charge in [0.15, 0.2) is 0 Å². The quantitative estimate of drug-likeness (QED) is 0.575. The Bertz CT molecular complexity index is 639. The highest BCUT2D eigenvalue weighted by atomic mass is 16.7. The highest BCUT2D eigenvalue weighted by Gasteiger charge is 2.33. The number of nitrogens with one attached hydrogen (secondary N) is 1. The van der Waals surface area contributed by atoms with Gasteiger partial charge in [0.25, 0.3) is 0 Å². The first-order chi connectivity index (χ1) is 12.5. The summed E-state index contributed by atoms with van der Waals surface area (Å²) in [5.74, 6) is -1.21. The molecule has 150 valence electrons. The molecule has 1 rings (SSSR count). The number of esters is 1. The maximum Gasteiger partial charge on any atom is 0.516 e. The van der Waals surface area contributed by atoms with Crippen LogP contribution in [0.1, 0.15) is 40.2 Å². The molecule has 27 heavy (non-hydrogen) atoms. The Kier molecular flexibility index (Phi) is 8.24. The number of nitrogens with two attached hydrogens (primary N) is 1. The van der Waals surface area contributed by atoms with Crippen molar-refractivity contribution in [1.29, 1.82) is 0 Å². The molecule has 0 aliphatic rings. The molecule has 0 spiro atoms. The van der Waals surface area contributed by atoms with Gasteiger partial charge in [-0.05, 0) is 32.3 Å². The van der Waals surface area contributed by atoms with Crippen molar-refractivity contribution in [3.63, 3.8) is 0 Å². The van der Waals surface area contributed by atoms with Gasteiger partial charge in [0.1, 0.15) is 18.2 Å². The van der Waals surface area contributed by atoms with Crippen molar-refractivity contribution in [2.45, 2.75) is 58.9 Å². The van der Waals surface area contributed by atoms with E-state index < -0.39 is 35.9 Å². The smallest absolute Gasteiger partial charge is 0.444 e. The Labute approximate surface area is 159 Å².